The molecule has 1 atom stereocenters. The van der Waals surface area contributed by atoms with Crippen molar-refractivity contribution in [2.75, 3.05) is 26.2 Å². The number of aliphatic carboxylic acids is 1. The number of nitrogens with zero attached hydrogens (tertiary/aromatic N) is 2. The van der Waals surface area contributed by atoms with Gasteiger partial charge in [-0.1, -0.05) is 0 Å². The molecule has 0 aromatic heterocycles. The molecule has 0 aromatic carbocycles. The molecule has 0 radical (unpaired) electrons. The van der Waals surface area contributed by atoms with Gasteiger partial charge in [0.05, 0.1) is 6.54 Å². The summed E-state index contributed by atoms with van der Waals surface area (Å²) in [6.45, 7) is 0.684. The Morgan fingerprint density at radius 1 is 1.16 bits per heavy atom. The number of halogens is 3. The van der Waals surface area contributed by atoms with Crippen LogP contribution in [0.4, 0.5) is 13.2 Å². The molecule has 0 aromatic rings. The van der Waals surface area contributed by atoms with Gasteiger partial charge in [0.15, 0.2) is 0 Å². The fraction of sp³-hybridized carbons (Fsp3) is 0.917. The van der Waals surface area contributed by atoms with Crippen LogP contribution in [-0.4, -0.2) is 65.3 Å². The second-order valence-electron chi connectivity index (χ2n) is 5.36. The van der Waals surface area contributed by atoms with Gasteiger partial charge in [-0.05, 0) is 45.3 Å². The lowest BCUT2D eigenvalue weighted by Gasteiger charge is -2.38. The smallest absolute Gasteiger partial charge is 0.401 e. The normalized spacial score (nSPS) is 27.8. The van der Waals surface area contributed by atoms with E-state index in [0.29, 0.717) is 32.4 Å². The molecule has 0 saturated carbocycles. The molecular formula is C12H19F3N2O2. The monoisotopic (exact) mass is 280 g/mol. The highest BCUT2D eigenvalue weighted by molar-refractivity contribution is 5.73. The van der Waals surface area contributed by atoms with Crippen molar-refractivity contribution in [3.8, 4) is 0 Å². The summed E-state index contributed by atoms with van der Waals surface area (Å²) in [6.07, 6.45) is -1.39. The molecular weight excluding hydrogens is 261 g/mol. The highest BCUT2D eigenvalue weighted by atomic mass is 19.4. The largest absolute Gasteiger partial charge is 0.480 e. The van der Waals surface area contributed by atoms with Crippen LogP contribution < -0.4 is 0 Å². The summed E-state index contributed by atoms with van der Waals surface area (Å²) in [7, 11) is 0. The van der Waals surface area contributed by atoms with E-state index in [0.717, 1.165) is 13.0 Å². The summed E-state index contributed by atoms with van der Waals surface area (Å²) in [4.78, 5) is 14.5. The van der Waals surface area contributed by atoms with Crippen LogP contribution in [0.15, 0.2) is 0 Å². The number of hydrogen-bond donors (Lipinski definition) is 1. The highest BCUT2D eigenvalue weighted by Crippen LogP contribution is 2.27. The minimum atomic E-state index is -4.15. The van der Waals surface area contributed by atoms with Crippen molar-refractivity contribution in [3.05, 3.63) is 0 Å². The molecule has 4 nitrogen and oxygen atoms in total. The van der Waals surface area contributed by atoms with Crippen molar-refractivity contribution in [3.63, 3.8) is 0 Å². The topological polar surface area (TPSA) is 43.8 Å². The van der Waals surface area contributed by atoms with E-state index < -0.39 is 24.7 Å². The molecule has 2 fully saturated rings. The van der Waals surface area contributed by atoms with Crippen LogP contribution in [0.2, 0.25) is 0 Å². The van der Waals surface area contributed by atoms with Crippen LogP contribution >= 0.6 is 0 Å². The van der Waals surface area contributed by atoms with E-state index in [4.69, 9.17) is 5.11 Å². The van der Waals surface area contributed by atoms with Crippen LogP contribution in [0, 0.1) is 0 Å². The Morgan fingerprint density at radius 2 is 1.79 bits per heavy atom. The van der Waals surface area contributed by atoms with Gasteiger partial charge in [-0.3, -0.25) is 14.6 Å². The quantitative estimate of drug-likeness (QED) is 0.852. The number of piperidine rings is 1. The summed E-state index contributed by atoms with van der Waals surface area (Å²) < 4.78 is 36.8. The Balaban J connectivity index is 1.84. The third-order valence-electron chi connectivity index (χ3n) is 4.01. The molecule has 2 saturated heterocycles. The number of hydrogen-bond acceptors (Lipinski definition) is 3. The number of carbonyl (C=O) groups is 1. The highest BCUT2D eigenvalue weighted by Gasteiger charge is 2.38. The van der Waals surface area contributed by atoms with Gasteiger partial charge >= 0.3 is 12.1 Å². The van der Waals surface area contributed by atoms with Crippen molar-refractivity contribution >= 4 is 5.97 Å². The van der Waals surface area contributed by atoms with Crippen LogP contribution in [0.3, 0.4) is 0 Å². The van der Waals surface area contributed by atoms with E-state index in [1.807, 2.05) is 4.90 Å². The number of rotatable bonds is 3. The fourth-order valence-corrected chi connectivity index (χ4v) is 3.15. The third-order valence-corrected chi connectivity index (χ3v) is 4.01. The Hall–Kier alpha value is -0.820. The van der Waals surface area contributed by atoms with E-state index in [9.17, 15) is 18.0 Å². The van der Waals surface area contributed by atoms with Gasteiger partial charge in [0.1, 0.15) is 6.04 Å². The second-order valence-corrected chi connectivity index (χ2v) is 5.36. The number of alkyl halides is 3. The van der Waals surface area contributed by atoms with Gasteiger partial charge in [-0.15, -0.1) is 0 Å². The molecule has 2 aliphatic rings. The Kier molecular flexibility index (Phi) is 4.35. The first-order chi connectivity index (χ1) is 8.87. The first-order valence-electron chi connectivity index (χ1n) is 6.64. The van der Waals surface area contributed by atoms with Crippen molar-refractivity contribution in [2.24, 2.45) is 0 Å². The van der Waals surface area contributed by atoms with E-state index in [1.54, 1.807) is 0 Å². The van der Waals surface area contributed by atoms with E-state index in [2.05, 4.69) is 0 Å². The van der Waals surface area contributed by atoms with Crippen molar-refractivity contribution in [1.82, 2.24) is 9.80 Å². The zero-order valence-corrected chi connectivity index (χ0v) is 10.7. The van der Waals surface area contributed by atoms with Crippen LogP contribution in [0.5, 0.6) is 0 Å². The lowest BCUT2D eigenvalue weighted by atomic mass is 10.0. The third kappa shape index (κ3) is 3.82. The first-order valence-corrected chi connectivity index (χ1v) is 6.64. The Morgan fingerprint density at radius 3 is 2.32 bits per heavy atom. The van der Waals surface area contributed by atoms with E-state index in [1.165, 1.54) is 4.90 Å². The minimum Gasteiger partial charge on any atom is -0.480 e. The molecule has 19 heavy (non-hydrogen) atoms. The zero-order valence-electron chi connectivity index (χ0n) is 10.7. The number of carboxylic acids is 1. The van der Waals surface area contributed by atoms with Crippen LogP contribution in [0.1, 0.15) is 25.7 Å². The predicted molar refractivity (Wildman–Crippen MR) is 62.9 cm³/mol. The molecule has 0 amide bonds. The van der Waals surface area contributed by atoms with Crippen LogP contribution in [0.25, 0.3) is 0 Å². The van der Waals surface area contributed by atoms with Gasteiger partial charge in [-0.2, -0.15) is 13.2 Å². The lowest BCUT2D eigenvalue weighted by Crippen LogP contribution is -2.50. The van der Waals surface area contributed by atoms with Gasteiger partial charge in [0.2, 0.25) is 0 Å². The zero-order chi connectivity index (χ0) is 14.0. The van der Waals surface area contributed by atoms with Crippen molar-refractivity contribution in [1.29, 1.82) is 0 Å². The molecule has 2 rings (SSSR count). The molecule has 1 N–H and O–H groups in total. The standard InChI is InChI=1S/C12H19F3N2O2/c13-12(14,15)8-16-6-3-9(4-7-16)17-5-1-2-10(17)11(18)19/h9-10H,1-8H2,(H,18,19). The van der Waals surface area contributed by atoms with Gasteiger partial charge < -0.3 is 5.11 Å². The average molecular weight is 280 g/mol. The Bertz CT molecular complexity index is 327. The fourth-order valence-electron chi connectivity index (χ4n) is 3.15. The molecule has 2 aliphatic heterocycles. The summed E-state index contributed by atoms with van der Waals surface area (Å²) in [6, 6.07) is -0.327. The molecule has 0 aliphatic carbocycles. The summed E-state index contributed by atoms with van der Waals surface area (Å²) in [5, 5.41) is 9.12. The maximum Gasteiger partial charge on any atom is 0.401 e. The molecule has 7 heteroatoms. The van der Waals surface area contributed by atoms with Crippen molar-refractivity contribution in [2.45, 2.75) is 43.9 Å². The predicted octanol–water partition coefficient (Wildman–Crippen LogP) is 1.56. The Labute approximate surface area is 110 Å². The SMILES string of the molecule is O=C(O)C1CCCN1C1CCN(CC(F)(F)F)CC1. The molecule has 1 unspecified atom stereocenters. The summed E-state index contributed by atoms with van der Waals surface area (Å²) in [5.74, 6) is -0.810. The number of likely N-dealkylation sites (tertiary alicyclic amines) is 2. The number of carboxylic acid groups (broad SMARTS) is 1. The summed E-state index contributed by atoms with van der Waals surface area (Å²) in [5.41, 5.74) is 0. The van der Waals surface area contributed by atoms with E-state index >= 15 is 0 Å². The average Bonchev–Trinajstić information content (AvgIpc) is 2.76. The maximum absolute atomic E-state index is 12.3. The first kappa shape index (κ1) is 14.6. The second kappa shape index (κ2) is 5.66. The molecule has 0 bridgehead atoms. The molecule has 0 spiro atoms. The van der Waals surface area contributed by atoms with Gasteiger partial charge in [-0.25, -0.2) is 0 Å². The minimum absolute atomic E-state index is 0.119. The maximum atomic E-state index is 12.3. The lowest BCUT2D eigenvalue weighted by molar-refractivity contribution is -0.150. The van der Waals surface area contributed by atoms with Gasteiger partial charge in [0, 0.05) is 6.04 Å². The molecule has 2 heterocycles. The summed E-state index contributed by atoms with van der Waals surface area (Å²) >= 11 is 0. The molecule has 110 valence electrons. The van der Waals surface area contributed by atoms with Crippen molar-refractivity contribution < 1.29 is 23.1 Å². The van der Waals surface area contributed by atoms with Gasteiger partial charge in [0.25, 0.3) is 0 Å². The van der Waals surface area contributed by atoms with Crippen LogP contribution in [-0.2, 0) is 4.79 Å². The van der Waals surface area contributed by atoms with E-state index in [-0.39, 0.29) is 6.04 Å².